The number of benzene rings is 1. The van der Waals surface area contributed by atoms with Gasteiger partial charge in [0.05, 0.1) is 11.7 Å². The molecule has 1 aliphatic carbocycles. The number of nitrogens with zero attached hydrogens (tertiary/aromatic N) is 3. The van der Waals surface area contributed by atoms with Crippen LogP contribution in [0.4, 0.5) is 10.1 Å². The number of hydrogen-bond acceptors (Lipinski definition) is 3. The zero-order chi connectivity index (χ0) is 17.4. The molecule has 1 amide bonds. The third-order valence-corrected chi connectivity index (χ3v) is 5.20. The summed E-state index contributed by atoms with van der Waals surface area (Å²) >= 11 is 0. The third-order valence-electron chi connectivity index (χ3n) is 5.20. The summed E-state index contributed by atoms with van der Waals surface area (Å²) < 4.78 is 13.6. The fourth-order valence-corrected chi connectivity index (χ4v) is 3.57. The second-order valence-corrected chi connectivity index (χ2v) is 7.19. The van der Waals surface area contributed by atoms with Crippen LogP contribution in [0.15, 0.2) is 30.3 Å². The molecule has 1 saturated heterocycles. The van der Waals surface area contributed by atoms with E-state index < -0.39 is 0 Å². The van der Waals surface area contributed by atoms with Crippen molar-refractivity contribution in [2.45, 2.75) is 31.7 Å². The van der Waals surface area contributed by atoms with E-state index in [1.807, 2.05) is 6.07 Å². The fourth-order valence-electron chi connectivity index (χ4n) is 3.57. The molecule has 4 rings (SSSR count). The van der Waals surface area contributed by atoms with Crippen molar-refractivity contribution in [2.75, 3.05) is 25.0 Å². The molecule has 1 unspecified atom stereocenters. The minimum absolute atomic E-state index is 0.166. The Kier molecular flexibility index (Phi) is 4.29. The number of anilines is 1. The second kappa shape index (κ2) is 6.59. The van der Waals surface area contributed by atoms with Crippen LogP contribution in [0.5, 0.6) is 0 Å². The van der Waals surface area contributed by atoms with E-state index in [2.05, 4.69) is 22.1 Å². The molecular weight excluding hydrogens is 319 g/mol. The van der Waals surface area contributed by atoms with Crippen LogP contribution < -0.4 is 4.90 Å². The highest BCUT2D eigenvalue weighted by atomic mass is 19.1. The first-order chi connectivity index (χ1) is 12.1. The van der Waals surface area contributed by atoms with Gasteiger partial charge in [-0.1, -0.05) is 6.07 Å². The number of hydrogen-bond donors (Lipinski definition) is 1. The molecule has 5 nitrogen and oxygen atoms in total. The Balaban J connectivity index is 1.59. The summed E-state index contributed by atoms with van der Waals surface area (Å²) in [4.78, 5) is 17.0. The van der Waals surface area contributed by atoms with Gasteiger partial charge in [-0.25, -0.2) is 4.39 Å². The molecule has 1 saturated carbocycles. The molecule has 1 N–H and O–H groups in total. The van der Waals surface area contributed by atoms with Gasteiger partial charge in [0.1, 0.15) is 5.82 Å². The molecule has 25 heavy (non-hydrogen) atoms. The molecule has 2 fully saturated rings. The van der Waals surface area contributed by atoms with Crippen molar-refractivity contribution in [1.29, 1.82) is 0 Å². The number of nitrogens with one attached hydrogen (secondary N) is 1. The van der Waals surface area contributed by atoms with Crippen molar-refractivity contribution >= 4 is 11.6 Å². The van der Waals surface area contributed by atoms with Crippen molar-refractivity contribution < 1.29 is 9.18 Å². The maximum absolute atomic E-state index is 13.6. The van der Waals surface area contributed by atoms with Crippen molar-refractivity contribution in [3.05, 3.63) is 47.5 Å². The normalized spacial score (nSPS) is 20.8. The van der Waals surface area contributed by atoms with Crippen LogP contribution in [0.25, 0.3) is 0 Å². The standard InChI is InChI=1S/C19H23FN4O/c1-23-9-3-6-18(23)16-11-17(22-21-16)19(25)24(12-13-7-8-13)15-5-2-4-14(20)10-15/h2,4-5,10-11,13,18H,3,6-9,12H2,1H3,(H,21,22). The van der Waals surface area contributed by atoms with Gasteiger partial charge in [0.2, 0.25) is 0 Å². The quantitative estimate of drug-likeness (QED) is 0.906. The van der Waals surface area contributed by atoms with Crippen molar-refractivity contribution in [2.24, 2.45) is 5.92 Å². The monoisotopic (exact) mass is 342 g/mol. The number of amides is 1. The smallest absolute Gasteiger partial charge is 0.278 e. The Labute approximate surface area is 146 Å². The van der Waals surface area contributed by atoms with Crippen LogP contribution in [-0.4, -0.2) is 41.1 Å². The number of halogens is 1. The lowest BCUT2D eigenvalue weighted by Gasteiger charge is -2.22. The highest BCUT2D eigenvalue weighted by molar-refractivity contribution is 6.04. The minimum atomic E-state index is -0.332. The summed E-state index contributed by atoms with van der Waals surface area (Å²) in [6, 6.07) is 8.38. The zero-order valence-electron chi connectivity index (χ0n) is 14.4. The Morgan fingerprint density at radius 2 is 2.20 bits per heavy atom. The largest absolute Gasteiger partial charge is 0.307 e. The topological polar surface area (TPSA) is 52.2 Å². The van der Waals surface area contributed by atoms with E-state index >= 15 is 0 Å². The molecule has 0 spiro atoms. The number of likely N-dealkylation sites (tertiary alicyclic amines) is 1. The number of rotatable bonds is 5. The van der Waals surface area contributed by atoms with Gasteiger partial charge in [0.15, 0.2) is 5.69 Å². The van der Waals surface area contributed by atoms with Gasteiger partial charge >= 0.3 is 0 Å². The van der Waals surface area contributed by atoms with Crippen molar-refractivity contribution in [3.8, 4) is 0 Å². The van der Waals surface area contributed by atoms with Gasteiger partial charge in [-0.2, -0.15) is 5.10 Å². The molecule has 1 aromatic carbocycles. The van der Waals surface area contributed by atoms with Gasteiger partial charge in [0.25, 0.3) is 5.91 Å². The summed E-state index contributed by atoms with van der Waals surface area (Å²) in [5.41, 5.74) is 1.98. The Bertz CT molecular complexity index is 770. The van der Waals surface area contributed by atoms with Gasteiger partial charge in [-0.05, 0) is 69.5 Å². The maximum atomic E-state index is 13.6. The lowest BCUT2D eigenvalue weighted by atomic mass is 10.1. The first-order valence-electron chi connectivity index (χ1n) is 8.95. The second-order valence-electron chi connectivity index (χ2n) is 7.19. The summed E-state index contributed by atoms with van der Waals surface area (Å²) in [5, 5.41) is 7.29. The molecule has 0 radical (unpaired) electrons. The molecule has 2 aromatic rings. The number of carbonyl (C=O) groups excluding carboxylic acids is 1. The Morgan fingerprint density at radius 3 is 2.88 bits per heavy atom. The van der Waals surface area contributed by atoms with Crippen LogP contribution in [0, 0.1) is 11.7 Å². The minimum Gasteiger partial charge on any atom is -0.307 e. The molecule has 1 aromatic heterocycles. The molecule has 132 valence electrons. The zero-order valence-corrected chi connectivity index (χ0v) is 14.4. The SMILES string of the molecule is CN1CCCC1c1cc(C(=O)N(CC2CC2)c2cccc(F)c2)n[nH]1. The van der Waals surface area contributed by atoms with E-state index in [-0.39, 0.29) is 11.7 Å². The summed E-state index contributed by atoms with van der Waals surface area (Å²) in [6.45, 7) is 1.68. The highest BCUT2D eigenvalue weighted by Crippen LogP contribution is 2.33. The van der Waals surface area contributed by atoms with E-state index in [9.17, 15) is 9.18 Å². The van der Waals surface area contributed by atoms with E-state index in [1.54, 1.807) is 17.0 Å². The third kappa shape index (κ3) is 3.44. The Morgan fingerprint density at radius 1 is 1.36 bits per heavy atom. The first-order valence-corrected chi connectivity index (χ1v) is 8.95. The molecule has 2 aliphatic rings. The summed E-state index contributed by atoms with van der Waals surface area (Å²) in [7, 11) is 2.09. The average molecular weight is 342 g/mol. The lowest BCUT2D eigenvalue weighted by molar-refractivity contribution is 0.0981. The number of H-pyrrole nitrogens is 1. The molecule has 0 bridgehead atoms. The van der Waals surface area contributed by atoms with Gasteiger partial charge in [-0.3, -0.25) is 14.8 Å². The molecule has 1 aliphatic heterocycles. The van der Waals surface area contributed by atoms with Crippen LogP contribution in [0.3, 0.4) is 0 Å². The van der Waals surface area contributed by atoms with E-state index in [1.165, 1.54) is 12.1 Å². The van der Waals surface area contributed by atoms with Crippen LogP contribution >= 0.6 is 0 Å². The predicted octanol–water partition coefficient (Wildman–Crippen LogP) is 3.37. The lowest BCUT2D eigenvalue weighted by Crippen LogP contribution is -2.33. The summed E-state index contributed by atoms with van der Waals surface area (Å²) in [5.74, 6) is 0.00800. The molecule has 1 atom stereocenters. The predicted molar refractivity (Wildman–Crippen MR) is 94.0 cm³/mol. The maximum Gasteiger partial charge on any atom is 0.278 e. The van der Waals surface area contributed by atoms with Gasteiger partial charge in [-0.15, -0.1) is 0 Å². The number of carbonyl (C=O) groups is 1. The number of aromatic amines is 1. The van der Waals surface area contributed by atoms with Gasteiger partial charge < -0.3 is 4.90 Å². The molecular formula is C19H23FN4O. The molecule has 2 heterocycles. The highest BCUT2D eigenvalue weighted by Gasteiger charge is 2.31. The first kappa shape index (κ1) is 16.3. The average Bonchev–Trinajstić information content (AvgIpc) is 3.11. The molecule has 6 heteroatoms. The van der Waals surface area contributed by atoms with Crippen LogP contribution in [0.2, 0.25) is 0 Å². The number of aromatic nitrogens is 2. The van der Waals surface area contributed by atoms with Crippen LogP contribution in [-0.2, 0) is 0 Å². The van der Waals surface area contributed by atoms with E-state index in [4.69, 9.17) is 0 Å². The van der Waals surface area contributed by atoms with E-state index in [0.717, 1.165) is 37.9 Å². The van der Waals surface area contributed by atoms with Crippen molar-refractivity contribution in [1.82, 2.24) is 15.1 Å². The van der Waals surface area contributed by atoms with Crippen LogP contribution in [0.1, 0.15) is 47.9 Å². The van der Waals surface area contributed by atoms with Crippen molar-refractivity contribution in [3.63, 3.8) is 0 Å². The summed E-state index contributed by atoms with van der Waals surface area (Å²) in [6.07, 6.45) is 4.47. The Hall–Kier alpha value is -2.21. The van der Waals surface area contributed by atoms with E-state index in [0.29, 0.717) is 29.9 Å². The van der Waals surface area contributed by atoms with Gasteiger partial charge in [0, 0.05) is 12.2 Å². The fraction of sp³-hybridized carbons (Fsp3) is 0.474.